The molecule has 0 aromatic heterocycles. The number of rotatable bonds is 63. The SMILES string of the molecule is CCCCC/C=C\C/C=C\C/C=C\CCCCCCCCCCCCC(=O)OC(/C=C/CCCCCCCCCCCC)C(COP(=O)([O-])OCC[N+](C)(C)C)NC(=O)CCCCCCCCCCCCCCCCCCCCC. The normalized spacial score (nSPS) is 13.8. The van der Waals surface area contributed by atoms with Crippen molar-refractivity contribution in [1.29, 1.82) is 0 Å². The van der Waals surface area contributed by atoms with E-state index in [2.05, 4.69) is 62.5 Å². The van der Waals surface area contributed by atoms with Crippen LogP contribution in [0, 0.1) is 0 Å². The maximum atomic E-state index is 13.6. The van der Waals surface area contributed by atoms with Crippen molar-refractivity contribution in [2.45, 2.75) is 348 Å². The topological polar surface area (TPSA) is 114 Å². The van der Waals surface area contributed by atoms with E-state index in [-0.39, 0.29) is 31.5 Å². The molecule has 0 saturated carbocycles. The Balaban J connectivity index is 5.11. The molecule has 0 fully saturated rings. The van der Waals surface area contributed by atoms with Gasteiger partial charge in [-0.15, -0.1) is 0 Å². The van der Waals surface area contributed by atoms with Gasteiger partial charge in [0.25, 0.3) is 7.82 Å². The van der Waals surface area contributed by atoms with Crippen LogP contribution in [0.1, 0.15) is 335 Å². The van der Waals surface area contributed by atoms with Gasteiger partial charge in [-0.2, -0.15) is 0 Å². The van der Waals surface area contributed by atoms with Crippen molar-refractivity contribution in [3.8, 4) is 0 Å². The van der Waals surface area contributed by atoms with Gasteiger partial charge in [-0.05, 0) is 70.3 Å². The van der Waals surface area contributed by atoms with Gasteiger partial charge in [0, 0.05) is 12.8 Å². The molecule has 0 heterocycles. The molecule has 1 N–H and O–H groups in total. The van der Waals surface area contributed by atoms with E-state index in [0.29, 0.717) is 17.4 Å². The number of unbranched alkanes of at least 4 members (excludes halogenated alkanes) is 41. The molecule has 470 valence electrons. The van der Waals surface area contributed by atoms with Crippen molar-refractivity contribution in [3.63, 3.8) is 0 Å². The standard InChI is InChI=1S/C70H133N2O7P/c1-7-10-13-16-19-22-25-28-30-32-34-35-36-37-39-41-43-45-48-51-54-57-60-63-70(74)79-68(61-58-55-52-49-46-27-24-21-18-15-12-9-3)67(66-78-80(75,76)77-65-64-72(4,5)6)71-69(73)62-59-56-53-50-47-44-42-40-38-33-31-29-26-23-20-17-14-11-8-2/h19,22,28,30,34-35,58,61,67-68H,7-18,20-21,23-27,29,31-33,36-57,59-60,62-66H2,1-6H3,(H-,71,73,75,76)/b22-19-,30-28-,35-34-,61-58+. The number of hydrogen-bond acceptors (Lipinski definition) is 7. The van der Waals surface area contributed by atoms with E-state index in [1.165, 1.54) is 231 Å². The van der Waals surface area contributed by atoms with Gasteiger partial charge in [0.15, 0.2) is 0 Å². The first-order valence-electron chi connectivity index (χ1n) is 34.4. The minimum atomic E-state index is -4.70. The fraction of sp³-hybridized carbons (Fsp3) is 0.857. The van der Waals surface area contributed by atoms with Gasteiger partial charge >= 0.3 is 5.97 Å². The lowest BCUT2D eigenvalue weighted by Gasteiger charge is -2.30. The third kappa shape index (κ3) is 60.6. The van der Waals surface area contributed by atoms with Gasteiger partial charge in [0.1, 0.15) is 19.3 Å². The Bertz CT molecular complexity index is 1510. The molecule has 0 aliphatic rings. The number of esters is 1. The number of amides is 1. The number of allylic oxidation sites excluding steroid dienone is 7. The molecule has 0 aliphatic heterocycles. The van der Waals surface area contributed by atoms with Crippen molar-refractivity contribution in [2.75, 3.05) is 40.9 Å². The van der Waals surface area contributed by atoms with E-state index in [9.17, 15) is 19.0 Å². The number of nitrogens with zero attached hydrogens (tertiary/aromatic N) is 1. The minimum absolute atomic E-state index is 0.0212. The fourth-order valence-electron chi connectivity index (χ4n) is 10.2. The molecule has 0 radical (unpaired) electrons. The number of hydrogen-bond donors (Lipinski definition) is 1. The Kier molecular flexibility index (Phi) is 58.6. The Morgan fingerprint density at radius 1 is 0.438 bits per heavy atom. The number of likely N-dealkylation sites (N-methyl/N-ethyl adjacent to an activating group) is 1. The van der Waals surface area contributed by atoms with Gasteiger partial charge in [0.2, 0.25) is 5.91 Å². The summed E-state index contributed by atoms with van der Waals surface area (Å²) in [6.45, 7) is 6.86. The molecule has 0 spiro atoms. The van der Waals surface area contributed by atoms with Gasteiger partial charge in [0.05, 0.1) is 33.8 Å². The maximum Gasteiger partial charge on any atom is 0.306 e. The monoisotopic (exact) mass is 1140 g/mol. The number of carbonyl (C=O) groups is 2. The van der Waals surface area contributed by atoms with Crippen LogP contribution in [0.5, 0.6) is 0 Å². The minimum Gasteiger partial charge on any atom is -0.756 e. The summed E-state index contributed by atoms with van der Waals surface area (Å²) in [6, 6.07) is -0.888. The first-order chi connectivity index (χ1) is 38.9. The number of phosphoric acid groups is 1. The fourth-order valence-corrected chi connectivity index (χ4v) is 10.9. The maximum absolute atomic E-state index is 13.6. The highest BCUT2D eigenvalue weighted by atomic mass is 31.2. The lowest BCUT2D eigenvalue weighted by atomic mass is 10.0. The zero-order chi connectivity index (χ0) is 58.6. The second-order valence-corrected chi connectivity index (χ2v) is 26.1. The first-order valence-corrected chi connectivity index (χ1v) is 35.9. The summed E-state index contributed by atoms with van der Waals surface area (Å²) < 4.78 is 30.4. The summed E-state index contributed by atoms with van der Waals surface area (Å²) in [5.41, 5.74) is 0. The van der Waals surface area contributed by atoms with Crippen molar-refractivity contribution < 1.29 is 37.3 Å². The quantitative estimate of drug-likeness (QED) is 0.0212. The Morgan fingerprint density at radius 3 is 1.16 bits per heavy atom. The number of ether oxygens (including phenoxy) is 1. The Labute approximate surface area is 497 Å². The number of nitrogens with one attached hydrogen (secondary N) is 1. The molecule has 9 nitrogen and oxygen atoms in total. The summed E-state index contributed by atoms with van der Waals surface area (Å²) in [5.74, 6) is -0.530. The smallest absolute Gasteiger partial charge is 0.306 e. The lowest BCUT2D eigenvalue weighted by Crippen LogP contribution is -2.47. The summed E-state index contributed by atoms with van der Waals surface area (Å²) in [6.07, 6.45) is 75.1. The summed E-state index contributed by atoms with van der Waals surface area (Å²) in [7, 11) is 1.20. The van der Waals surface area contributed by atoms with E-state index in [1.807, 2.05) is 33.3 Å². The highest BCUT2D eigenvalue weighted by molar-refractivity contribution is 7.45. The molecule has 0 aromatic carbocycles. The lowest BCUT2D eigenvalue weighted by molar-refractivity contribution is -0.870. The van der Waals surface area contributed by atoms with Crippen molar-refractivity contribution in [3.05, 3.63) is 48.6 Å². The predicted molar refractivity (Wildman–Crippen MR) is 344 cm³/mol. The van der Waals surface area contributed by atoms with Crippen molar-refractivity contribution in [1.82, 2.24) is 5.32 Å². The Morgan fingerprint density at radius 2 is 0.762 bits per heavy atom. The van der Waals surface area contributed by atoms with Crippen LogP contribution < -0.4 is 10.2 Å². The second-order valence-electron chi connectivity index (χ2n) is 24.7. The molecule has 0 aliphatic carbocycles. The first kappa shape index (κ1) is 78.0. The van der Waals surface area contributed by atoms with Crippen molar-refractivity contribution in [2.24, 2.45) is 0 Å². The number of quaternary nitrogens is 1. The van der Waals surface area contributed by atoms with Crippen LogP contribution in [0.25, 0.3) is 0 Å². The zero-order valence-corrected chi connectivity index (χ0v) is 54.7. The van der Waals surface area contributed by atoms with E-state index < -0.39 is 20.0 Å². The van der Waals surface area contributed by atoms with E-state index in [0.717, 1.165) is 70.6 Å². The molecular weight excluding hydrogens is 1010 g/mol. The van der Waals surface area contributed by atoms with E-state index in [4.69, 9.17) is 13.8 Å². The van der Waals surface area contributed by atoms with Crippen LogP contribution in [-0.2, 0) is 27.9 Å². The average Bonchev–Trinajstić information content (AvgIpc) is 3.43. The van der Waals surface area contributed by atoms with Gasteiger partial charge in [-0.3, -0.25) is 14.2 Å². The summed E-state index contributed by atoms with van der Waals surface area (Å²) in [4.78, 5) is 40.1. The molecule has 0 aromatic rings. The summed E-state index contributed by atoms with van der Waals surface area (Å²) >= 11 is 0. The predicted octanol–water partition coefficient (Wildman–Crippen LogP) is 21.0. The molecular formula is C70H133N2O7P. The molecule has 3 atom stereocenters. The molecule has 3 unspecified atom stereocenters. The largest absolute Gasteiger partial charge is 0.756 e. The highest BCUT2D eigenvalue weighted by Crippen LogP contribution is 2.38. The van der Waals surface area contributed by atoms with Crippen LogP contribution in [0.3, 0.4) is 0 Å². The van der Waals surface area contributed by atoms with Crippen LogP contribution >= 0.6 is 7.82 Å². The molecule has 0 rings (SSSR count). The second kappa shape index (κ2) is 60.1. The van der Waals surface area contributed by atoms with Crippen LogP contribution in [0.15, 0.2) is 48.6 Å². The van der Waals surface area contributed by atoms with Gasteiger partial charge in [-0.1, -0.05) is 301 Å². The number of carbonyl (C=O) groups excluding carboxylic acids is 2. The molecule has 80 heavy (non-hydrogen) atoms. The zero-order valence-electron chi connectivity index (χ0n) is 53.8. The number of phosphoric ester groups is 1. The van der Waals surface area contributed by atoms with Crippen molar-refractivity contribution >= 4 is 19.7 Å². The Hall–Kier alpha value is -2.03. The van der Waals surface area contributed by atoms with E-state index in [1.54, 1.807) is 0 Å². The van der Waals surface area contributed by atoms with Crippen LogP contribution in [0.4, 0.5) is 0 Å². The van der Waals surface area contributed by atoms with Crippen LogP contribution in [-0.4, -0.2) is 69.4 Å². The summed E-state index contributed by atoms with van der Waals surface area (Å²) in [5, 5.41) is 3.04. The van der Waals surface area contributed by atoms with Gasteiger partial charge in [-0.25, -0.2) is 0 Å². The van der Waals surface area contributed by atoms with Gasteiger partial charge < -0.3 is 28.5 Å². The average molecular weight is 1150 g/mol. The third-order valence-corrected chi connectivity index (χ3v) is 16.5. The molecule has 1 amide bonds. The van der Waals surface area contributed by atoms with E-state index >= 15 is 0 Å². The highest BCUT2D eigenvalue weighted by Gasteiger charge is 2.27. The molecule has 0 bridgehead atoms. The molecule has 0 saturated heterocycles. The molecule has 10 heteroatoms. The van der Waals surface area contributed by atoms with Crippen LogP contribution in [0.2, 0.25) is 0 Å². The third-order valence-electron chi connectivity index (χ3n) is 15.5.